The number of aromatic nitrogens is 1. The minimum Gasteiger partial charge on any atom is -0.343 e. The highest BCUT2D eigenvalue weighted by Crippen LogP contribution is 2.34. The molecule has 1 nitrogen and oxygen atoms in total. The van der Waals surface area contributed by atoms with E-state index in [-0.39, 0.29) is 0 Å². The lowest BCUT2D eigenvalue weighted by molar-refractivity contribution is 0.939. The minimum atomic E-state index is 1.16. The number of hydrogen-bond donors (Lipinski definition) is 0. The van der Waals surface area contributed by atoms with Crippen molar-refractivity contribution in [3.63, 3.8) is 0 Å². The fourth-order valence-electron chi connectivity index (χ4n) is 3.21. The van der Waals surface area contributed by atoms with Gasteiger partial charge in [-0.25, -0.2) is 0 Å². The standard InChI is InChI=1S/C19H21N/c1-4-8-16-17-13-12-14-10-6-7-11-15(14)19(17)20(3)18(16)9-5-2/h4-5,7-9,11-13H,6,10H2,1-3H3/b8-4-,9-5-. The van der Waals surface area contributed by atoms with E-state index in [1.165, 1.54) is 33.3 Å². The first kappa shape index (κ1) is 13.0. The molecule has 1 heteroatoms. The molecule has 1 aromatic heterocycles. The first-order chi connectivity index (χ1) is 9.77. The molecule has 1 heterocycles. The third kappa shape index (κ3) is 1.85. The van der Waals surface area contributed by atoms with Crippen LogP contribution in [0.15, 0.2) is 30.4 Å². The molecule has 0 fully saturated rings. The summed E-state index contributed by atoms with van der Waals surface area (Å²) in [6.45, 7) is 4.16. The van der Waals surface area contributed by atoms with E-state index in [0.29, 0.717) is 0 Å². The number of rotatable bonds is 2. The van der Waals surface area contributed by atoms with Crippen molar-refractivity contribution in [2.24, 2.45) is 7.05 Å². The normalized spacial score (nSPS) is 14.8. The van der Waals surface area contributed by atoms with Crippen molar-refractivity contribution >= 4 is 29.1 Å². The quantitative estimate of drug-likeness (QED) is 0.701. The molecule has 1 aromatic carbocycles. The Kier molecular flexibility index (Phi) is 3.35. The van der Waals surface area contributed by atoms with Crippen LogP contribution in [0, 0.1) is 0 Å². The van der Waals surface area contributed by atoms with Gasteiger partial charge in [0.1, 0.15) is 0 Å². The van der Waals surface area contributed by atoms with Crippen molar-refractivity contribution in [1.82, 2.24) is 4.57 Å². The van der Waals surface area contributed by atoms with Crippen molar-refractivity contribution in [2.45, 2.75) is 26.7 Å². The molecule has 0 amide bonds. The lowest BCUT2D eigenvalue weighted by Crippen LogP contribution is -1.98. The van der Waals surface area contributed by atoms with Gasteiger partial charge in [0.15, 0.2) is 0 Å². The second-order valence-electron chi connectivity index (χ2n) is 5.33. The summed E-state index contributed by atoms with van der Waals surface area (Å²) in [7, 11) is 2.17. The zero-order valence-corrected chi connectivity index (χ0v) is 12.5. The fraction of sp³-hybridized carbons (Fsp3) is 0.263. The maximum atomic E-state index is 2.33. The Morgan fingerprint density at radius 3 is 2.65 bits per heavy atom. The molecule has 0 unspecified atom stereocenters. The average molecular weight is 263 g/mol. The second kappa shape index (κ2) is 5.16. The van der Waals surface area contributed by atoms with Crippen molar-refractivity contribution in [2.75, 3.05) is 0 Å². The molecule has 0 radical (unpaired) electrons. The third-order valence-corrected chi connectivity index (χ3v) is 4.09. The Morgan fingerprint density at radius 1 is 1.10 bits per heavy atom. The molecule has 0 saturated heterocycles. The lowest BCUT2D eigenvalue weighted by Gasteiger charge is -2.13. The van der Waals surface area contributed by atoms with E-state index in [1.807, 2.05) is 0 Å². The van der Waals surface area contributed by atoms with E-state index in [4.69, 9.17) is 0 Å². The first-order valence-corrected chi connectivity index (χ1v) is 7.34. The number of aryl methyl sites for hydroxylation is 2. The number of benzene rings is 1. The van der Waals surface area contributed by atoms with Crippen molar-refractivity contribution in [3.05, 3.63) is 52.7 Å². The summed E-state index contributed by atoms with van der Waals surface area (Å²) in [5.41, 5.74) is 6.84. The maximum Gasteiger partial charge on any atom is 0.0564 e. The van der Waals surface area contributed by atoms with Crippen LogP contribution in [0.4, 0.5) is 0 Å². The summed E-state index contributed by atoms with van der Waals surface area (Å²) in [5.74, 6) is 0. The minimum absolute atomic E-state index is 1.16. The molecule has 20 heavy (non-hydrogen) atoms. The molecule has 1 aliphatic carbocycles. The van der Waals surface area contributed by atoms with Crippen LogP contribution in [-0.2, 0) is 13.5 Å². The van der Waals surface area contributed by atoms with Gasteiger partial charge in [-0.1, -0.05) is 42.5 Å². The van der Waals surface area contributed by atoms with Gasteiger partial charge in [-0.15, -0.1) is 0 Å². The highest BCUT2D eigenvalue weighted by atomic mass is 14.9. The van der Waals surface area contributed by atoms with Crippen LogP contribution in [0.5, 0.6) is 0 Å². The Balaban J connectivity index is 2.43. The smallest absolute Gasteiger partial charge is 0.0564 e. The maximum absolute atomic E-state index is 2.33. The van der Waals surface area contributed by atoms with Gasteiger partial charge in [0, 0.05) is 29.3 Å². The van der Waals surface area contributed by atoms with Crippen LogP contribution in [0.1, 0.15) is 42.7 Å². The summed E-state index contributed by atoms with van der Waals surface area (Å²) < 4.78 is 2.33. The molecule has 0 N–H and O–H groups in total. The van der Waals surface area contributed by atoms with Crippen molar-refractivity contribution in [3.8, 4) is 0 Å². The SMILES string of the molecule is C/C=C\c1c(/C=C\C)n(C)c2c3c(ccc12)CCC=C3. The monoisotopic (exact) mass is 263 g/mol. The van der Waals surface area contributed by atoms with E-state index in [1.54, 1.807) is 0 Å². The highest BCUT2D eigenvalue weighted by molar-refractivity contribution is 5.99. The summed E-state index contributed by atoms with van der Waals surface area (Å²) in [6.07, 6.45) is 15.6. The average Bonchev–Trinajstić information content (AvgIpc) is 2.74. The molecule has 0 aliphatic heterocycles. The number of fused-ring (bicyclic) bond motifs is 3. The molecule has 0 saturated carbocycles. The highest BCUT2D eigenvalue weighted by Gasteiger charge is 2.16. The van der Waals surface area contributed by atoms with Gasteiger partial charge in [0.05, 0.1) is 5.52 Å². The summed E-state index contributed by atoms with van der Waals surface area (Å²) >= 11 is 0. The van der Waals surface area contributed by atoms with Gasteiger partial charge in [0.2, 0.25) is 0 Å². The van der Waals surface area contributed by atoms with Crippen molar-refractivity contribution < 1.29 is 0 Å². The largest absolute Gasteiger partial charge is 0.343 e. The number of allylic oxidation sites excluding steroid dienone is 3. The lowest BCUT2D eigenvalue weighted by atomic mass is 9.94. The molecule has 0 spiro atoms. The summed E-state index contributed by atoms with van der Waals surface area (Å²) in [5, 5.41) is 1.35. The molecule has 3 rings (SSSR count). The van der Waals surface area contributed by atoms with Crippen LogP contribution in [0.25, 0.3) is 29.1 Å². The predicted molar refractivity (Wildman–Crippen MR) is 89.7 cm³/mol. The fourth-order valence-corrected chi connectivity index (χ4v) is 3.21. The van der Waals surface area contributed by atoms with E-state index in [0.717, 1.165) is 12.8 Å². The zero-order chi connectivity index (χ0) is 14.1. The zero-order valence-electron chi connectivity index (χ0n) is 12.5. The van der Waals surface area contributed by atoms with Gasteiger partial charge in [-0.3, -0.25) is 0 Å². The predicted octanol–water partition coefficient (Wildman–Crippen LogP) is 5.20. The van der Waals surface area contributed by atoms with Crippen LogP contribution in [0.2, 0.25) is 0 Å². The Morgan fingerprint density at radius 2 is 1.90 bits per heavy atom. The van der Waals surface area contributed by atoms with Crippen LogP contribution < -0.4 is 0 Å². The molecule has 2 aromatic rings. The van der Waals surface area contributed by atoms with Crippen molar-refractivity contribution in [1.29, 1.82) is 0 Å². The van der Waals surface area contributed by atoms with Gasteiger partial charge < -0.3 is 4.57 Å². The molecule has 0 bridgehead atoms. The van der Waals surface area contributed by atoms with Gasteiger partial charge in [-0.2, -0.15) is 0 Å². The number of nitrogens with zero attached hydrogens (tertiary/aromatic N) is 1. The van der Waals surface area contributed by atoms with E-state index >= 15 is 0 Å². The topological polar surface area (TPSA) is 4.93 Å². The summed E-state index contributed by atoms with van der Waals surface area (Å²) in [6, 6.07) is 4.59. The van der Waals surface area contributed by atoms with Crippen LogP contribution >= 0.6 is 0 Å². The van der Waals surface area contributed by atoms with E-state index in [2.05, 4.69) is 74.1 Å². The van der Waals surface area contributed by atoms with Crippen LogP contribution in [0.3, 0.4) is 0 Å². The van der Waals surface area contributed by atoms with Gasteiger partial charge >= 0.3 is 0 Å². The third-order valence-electron chi connectivity index (χ3n) is 4.09. The first-order valence-electron chi connectivity index (χ1n) is 7.34. The van der Waals surface area contributed by atoms with Gasteiger partial charge in [-0.05, 0) is 38.3 Å². The Bertz CT molecular complexity index is 739. The molecule has 102 valence electrons. The Hall–Kier alpha value is -2.02. The molecular formula is C19H21N. The molecular weight excluding hydrogens is 242 g/mol. The van der Waals surface area contributed by atoms with E-state index < -0.39 is 0 Å². The van der Waals surface area contributed by atoms with Crippen LogP contribution in [-0.4, -0.2) is 4.57 Å². The molecule has 0 atom stereocenters. The number of hydrogen-bond acceptors (Lipinski definition) is 0. The summed E-state index contributed by atoms with van der Waals surface area (Å²) in [4.78, 5) is 0. The van der Waals surface area contributed by atoms with E-state index in [9.17, 15) is 0 Å². The second-order valence-corrected chi connectivity index (χ2v) is 5.33. The Labute approximate surface area is 120 Å². The molecule has 1 aliphatic rings. The van der Waals surface area contributed by atoms with Gasteiger partial charge in [0.25, 0.3) is 0 Å².